The van der Waals surface area contributed by atoms with E-state index in [1.807, 2.05) is 42.5 Å². The summed E-state index contributed by atoms with van der Waals surface area (Å²) in [6.45, 7) is 0.589. The van der Waals surface area contributed by atoms with Crippen molar-refractivity contribution in [1.29, 1.82) is 0 Å². The molecule has 0 bridgehead atoms. The van der Waals surface area contributed by atoms with Gasteiger partial charge in [0.25, 0.3) is 5.91 Å². The number of H-pyrrole nitrogens is 1. The van der Waals surface area contributed by atoms with Crippen LogP contribution in [0, 0.1) is 0 Å². The van der Waals surface area contributed by atoms with Crippen molar-refractivity contribution in [3.63, 3.8) is 0 Å². The maximum Gasteiger partial charge on any atom is 0.269 e. The van der Waals surface area contributed by atoms with Gasteiger partial charge in [0.2, 0.25) is 0 Å². The van der Waals surface area contributed by atoms with Gasteiger partial charge in [0, 0.05) is 12.1 Å². The highest BCUT2D eigenvalue weighted by molar-refractivity contribution is 5.98. The molecule has 3 aromatic carbocycles. The molecule has 1 aromatic heterocycles. The summed E-state index contributed by atoms with van der Waals surface area (Å²) in [4.78, 5) is 12.4. The first-order valence-electron chi connectivity index (χ1n) is 8.67. The third-order valence-corrected chi connectivity index (χ3v) is 4.43. The number of aromatic nitrogens is 2. The lowest BCUT2D eigenvalue weighted by Gasteiger charge is -2.04. The van der Waals surface area contributed by atoms with Gasteiger partial charge in [-0.3, -0.25) is 9.89 Å². The minimum atomic E-state index is -0.139. The summed E-state index contributed by atoms with van der Waals surface area (Å²) < 4.78 is 0. The van der Waals surface area contributed by atoms with Crippen molar-refractivity contribution in [3.8, 4) is 11.3 Å². The third-order valence-electron chi connectivity index (χ3n) is 4.43. The van der Waals surface area contributed by atoms with Crippen molar-refractivity contribution < 1.29 is 4.79 Å². The van der Waals surface area contributed by atoms with E-state index in [9.17, 15) is 4.79 Å². The van der Waals surface area contributed by atoms with E-state index in [-0.39, 0.29) is 5.91 Å². The molecule has 0 saturated heterocycles. The van der Waals surface area contributed by atoms with E-state index in [1.165, 1.54) is 5.56 Å². The molecule has 128 valence electrons. The summed E-state index contributed by atoms with van der Waals surface area (Å²) in [5.74, 6) is -0.139. The van der Waals surface area contributed by atoms with Crippen molar-refractivity contribution in [2.24, 2.45) is 0 Å². The Hall–Kier alpha value is -3.40. The SMILES string of the molecule is O=C(NCCc1ccccc1)c1cc(-c2cccc3ccccc23)n[nH]1. The third kappa shape index (κ3) is 3.35. The fraction of sp³-hybridized carbons (Fsp3) is 0.0909. The number of carbonyl (C=O) groups excluding carboxylic acids is 1. The van der Waals surface area contributed by atoms with Crippen molar-refractivity contribution in [2.75, 3.05) is 6.54 Å². The highest BCUT2D eigenvalue weighted by Crippen LogP contribution is 2.27. The summed E-state index contributed by atoms with van der Waals surface area (Å²) in [7, 11) is 0. The van der Waals surface area contributed by atoms with Crippen molar-refractivity contribution in [3.05, 3.63) is 90.1 Å². The lowest BCUT2D eigenvalue weighted by molar-refractivity contribution is 0.0949. The van der Waals surface area contributed by atoms with Crippen molar-refractivity contribution in [1.82, 2.24) is 15.5 Å². The summed E-state index contributed by atoms with van der Waals surface area (Å²) in [5, 5.41) is 12.4. The minimum Gasteiger partial charge on any atom is -0.350 e. The van der Waals surface area contributed by atoms with Crippen LogP contribution in [0.2, 0.25) is 0 Å². The molecule has 0 unspecified atom stereocenters. The zero-order valence-electron chi connectivity index (χ0n) is 14.3. The monoisotopic (exact) mass is 341 g/mol. The van der Waals surface area contributed by atoms with Crippen LogP contribution in [0.5, 0.6) is 0 Å². The zero-order chi connectivity index (χ0) is 17.8. The second-order valence-corrected chi connectivity index (χ2v) is 6.19. The zero-order valence-corrected chi connectivity index (χ0v) is 14.3. The number of aromatic amines is 1. The van der Waals surface area contributed by atoms with Crippen LogP contribution in [0.25, 0.3) is 22.0 Å². The molecule has 0 spiro atoms. The van der Waals surface area contributed by atoms with Gasteiger partial charge in [0.1, 0.15) is 5.69 Å². The summed E-state index contributed by atoms with van der Waals surface area (Å²) in [6, 6.07) is 26.2. The molecule has 0 atom stereocenters. The maximum atomic E-state index is 12.4. The molecule has 2 N–H and O–H groups in total. The average Bonchev–Trinajstić information content (AvgIpc) is 3.18. The predicted molar refractivity (Wildman–Crippen MR) is 104 cm³/mol. The van der Waals surface area contributed by atoms with E-state index < -0.39 is 0 Å². The van der Waals surface area contributed by atoms with Crippen molar-refractivity contribution >= 4 is 16.7 Å². The smallest absolute Gasteiger partial charge is 0.269 e. The van der Waals surface area contributed by atoms with Crippen LogP contribution in [0.4, 0.5) is 0 Å². The number of benzene rings is 3. The summed E-state index contributed by atoms with van der Waals surface area (Å²) in [6.07, 6.45) is 0.802. The molecular weight excluding hydrogens is 322 g/mol. The Labute approximate surface area is 151 Å². The van der Waals surface area contributed by atoms with Gasteiger partial charge >= 0.3 is 0 Å². The van der Waals surface area contributed by atoms with E-state index >= 15 is 0 Å². The molecule has 0 aliphatic heterocycles. The highest BCUT2D eigenvalue weighted by Gasteiger charge is 2.12. The molecule has 1 heterocycles. The van der Waals surface area contributed by atoms with Gasteiger partial charge < -0.3 is 5.32 Å². The topological polar surface area (TPSA) is 57.8 Å². The Kier molecular flexibility index (Phi) is 4.48. The Morgan fingerprint density at radius 2 is 1.69 bits per heavy atom. The number of rotatable bonds is 5. The summed E-state index contributed by atoms with van der Waals surface area (Å²) >= 11 is 0. The molecule has 0 aliphatic rings. The van der Waals surface area contributed by atoms with Gasteiger partial charge in [0.15, 0.2) is 0 Å². The number of amides is 1. The van der Waals surface area contributed by atoms with Crippen LogP contribution < -0.4 is 5.32 Å². The Bertz CT molecular complexity index is 1030. The molecule has 0 radical (unpaired) electrons. The predicted octanol–water partition coefficient (Wildman–Crippen LogP) is 4.20. The minimum absolute atomic E-state index is 0.139. The second kappa shape index (κ2) is 7.23. The number of nitrogens with one attached hydrogen (secondary N) is 2. The molecule has 0 saturated carbocycles. The lowest BCUT2D eigenvalue weighted by atomic mass is 10.0. The molecule has 4 aromatic rings. The van der Waals surface area contributed by atoms with Crippen LogP contribution in [0.1, 0.15) is 16.1 Å². The molecule has 4 rings (SSSR count). The van der Waals surface area contributed by atoms with Gasteiger partial charge in [0.05, 0.1) is 5.69 Å². The number of hydrogen-bond donors (Lipinski definition) is 2. The fourth-order valence-corrected chi connectivity index (χ4v) is 3.09. The number of fused-ring (bicyclic) bond motifs is 1. The number of nitrogens with zero attached hydrogens (tertiary/aromatic N) is 1. The van der Waals surface area contributed by atoms with E-state index in [2.05, 4.69) is 45.8 Å². The molecule has 0 fully saturated rings. The largest absolute Gasteiger partial charge is 0.350 e. The molecule has 4 nitrogen and oxygen atoms in total. The van der Waals surface area contributed by atoms with Crippen LogP contribution in [0.3, 0.4) is 0 Å². The molecule has 26 heavy (non-hydrogen) atoms. The van der Waals surface area contributed by atoms with Crippen molar-refractivity contribution in [2.45, 2.75) is 6.42 Å². The average molecular weight is 341 g/mol. The first-order chi connectivity index (χ1) is 12.8. The van der Waals surface area contributed by atoms with Gasteiger partial charge in [-0.15, -0.1) is 0 Å². The lowest BCUT2D eigenvalue weighted by Crippen LogP contribution is -2.25. The summed E-state index contributed by atoms with van der Waals surface area (Å²) in [5.41, 5.74) is 3.47. The first-order valence-corrected chi connectivity index (χ1v) is 8.67. The Balaban J connectivity index is 1.48. The van der Waals surface area contributed by atoms with Gasteiger partial charge in [-0.05, 0) is 28.8 Å². The van der Waals surface area contributed by atoms with E-state index in [0.717, 1.165) is 28.5 Å². The normalized spacial score (nSPS) is 10.8. The van der Waals surface area contributed by atoms with E-state index in [4.69, 9.17) is 0 Å². The second-order valence-electron chi connectivity index (χ2n) is 6.19. The Morgan fingerprint density at radius 3 is 2.58 bits per heavy atom. The Morgan fingerprint density at radius 1 is 0.923 bits per heavy atom. The highest BCUT2D eigenvalue weighted by atomic mass is 16.1. The number of hydrogen-bond acceptors (Lipinski definition) is 2. The van der Waals surface area contributed by atoms with Crippen LogP contribution in [-0.2, 0) is 6.42 Å². The van der Waals surface area contributed by atoms with Crippen LogP contribution in [-0.4, -0.2) is 22.6 Å². The quantitative estimate of drug-likeness (QED) is 0.571. The molecular formula is C22H19N3O. The van der Waals surface area contributed by atoms with Gasteiger partial charge in [-0.2, -0.15) is 5.10 Å². The van der Waals surface area contributed by atoms with E-state index in [0.29, 0.717) is 12.2 Å². The van der Waals surface area contributed by atoms with Crippen LogP contribution >= 0.6 is 0 Å². The standard InChI is InChI=1S/C22H19N3O/c26-22(23-14-13-16-7-2-1-3-8-16)21-15-20(24-25-21)19-12-6-10-17-9-4-5-11-18(17)19/h1-12,15H,13-14H2,(H,23,26)(H,24,25). The fourth-order valence-electron chi connectivity index (χ4n) is 3.09. The molecule has 0 aliphatic carbocycles. The van der Waals surface area contributed by atoms with Gasteiger partial charge in [-0.25, -0.2) is 0 Å². The number of carbonyl (C=O) groups is 1. The van der Waals surface area contributed by atoms with Crippen LogP contribution in [0.15, 0.2) is 78.9 Å². The molecule has 4 heteroatoms. The molecule has 1 amide bonds. The maximum absolute atomic E-state index is 12.4. The first kappa shape index (κ1) is 16.1. The van der Waals surface area contributed by atoms with E-state index in [1.54, 1.807) is 6.07 Å². The van der Waals surface area contributed by atoms with Gasteiger partial charge in [-0.1, -0.05) is 72.8 Å².